The summed E-state index contributed by atoms with van der Waals surface area (Å²) in [5.74, 6) is 0.302. The third kappa shape index (κ3) is 4.02. The minimum Gasteiger partial charge on any atom is -0.460 e. The van der Waals surface area contributed by atoms with Gasteiger partial charge in [-0.05, 0) is 46.0 Å². The van der Waals surface area contributed by atoms with Crippen molar-refractivity contribution in [1.29, 1.82) is 0 Å². The summed E-state index contributed by atoms with van der Waals surface area (Å²) < 4.78 is 5.40. The maximum absolute atomic E-state index is 11.9. The van der Waals surface area contributed by atoms with Crippen molar-refractivity contribution in [2.24, 2.45) is 11.8 Å². The molecule has 1 fully saturated rings. The molecule has 3 atom stereocenters. The number of hydrogen-bond acceptors (Lipinski definition) is 2. The molecule has 1 saturated carbocycles. The molecule has 3 heteroatoms. The largest absolute Gasteiger partial charge is 0.460 e. The summed E-state index contributed by atoms with van der Waals surface area (Å²) in [7, 11) is 0. The summed E-state index contributed by atoms with van der Waals surface area (Å²) in [5.41, 5.74) is -0.393. The standard InChI is InChI=1S/C12H21ClO2/c1-8-5-6-9(13)7-10(8)11(14)15-12(2,3)4/h8-10H,5-7H2,1-4H3/t8-,9+,10-/m1/s1. The molecule has 0 aromatic heterocycles. The van der Waals surface area contributed by atoms with E-state index in [1.165, 1.54) is 0 Å². The van der Waals surface area contributed by atoms with Gasteiger partial charge in [0.05, 0.1) is 5.92 Å². The van der Waals surface area contributed by atoms with E-state index >= 15 is 0 Å². The van der Waals surface area contributed by atoms with Crippen molar-refractivity contribution in [2.75, 3.05) is 0 Å². The lowest BCUT2D eigenvalue weighted by Gasteiger charge is -2.32. The van der Waals surface area contributed by atoms with Crippen molar-refractivity contribution in [1.82, 2.24) is 0 Å². The average Bonchev–Trinajstić information content (AvgIpc) is 2.06. The number of ether oxygens (including phenoxy) is 1. The molecule has 0 unspecified atom stereocenters. The van der Waals surface area contributed by atoms with E-state index in [-0.39, 0.29) is 17.3 Å². The summed E-state index contributed by atoms with van der Waals surface area (Å²) in [6.07, 6.45) is 2.80. The lowest BCUT2D eigenvalue weighted by Crippen LogP contribution is -2.35. The lowest BCUT2D eigenvalue weighted by molar-refractivity contribution is -0.162. The molecule has 0 aromatic rings. The Balaban J connectivity index is 2.57. The van der Waals surface area contributed by atoms with E-state index in [4.69, 9.17) is 16.3 Å². The number of rotatable bonds is 1. The Bertz CT molecular complexity index is 232. The molecule has 0 heterocycles. The molecule has 15 heavy (non-hydrogen) atoms. The molecule has 0 radical (unpaired) electrons. The molecule has 0 saturated heterocycles. The van der Waals surface area contributed by atoms with Crippen LogP contribution >= 0.6 is 11.6 Å². The lowest BCUT2D eigenvalue weighted by atomic mass is 9.80. The molecule has 0 N–H and O–H groups in total. The third-order valence-corrected chi connectivity index (χ3v) is 3.24. The Labute approximate surface area is 97.3 Å². The fourth-order valence-corrected chi connectivity index (χ4v) is 2.29. The quantitative estimate of drug-likeness (QED) is 0.512. The van der Waals surface area contributed by atoms with E-state index in [2.05, 4.69) is 6.92 Å². The second-order valence-electron chi connectivity index (χ2n) is 5.53. The van der Waals surface area contributed by atoms with Gasteiger partial charge in [0.15, 0.2) is 0 Å². The molecule has 1 rings (SSSR count). The SMILES string of the molecule is C[C@@H]1CC[C@H](Cl)C[C@H]1C(=O)OC(C)(C)C. The zero-order valence-electron chi connectivity index (χ0n) is 10.0. The van der Waals surface area contributed by atoms with Crippen LogP contribution in [0.15, 0.2) is 0 Å². The van der Waals surface area contributed by atoms with Crippen molar-refractivity contribution in [3.8, 4) is 0 Å². The Kier molecular flexibility index (Phi) is 4.05. The number of carbonyl (C=O) groups excluding carboxylic acids is 1. The van der Waals surface area contributed by atoms with Gasteiger partial charge >= 0.3 is 5.97 Å². The van der Waals surface area contributed by atoms with Gasteiger partial charge in [-0.3, -0.25) is 4.79 Å². The van der Waals surface area contributed by atoms with Gasteiger partial charge in [-0.2, -0.15) is 0 Å². The maximum Gasteiger partial charge on any atom is 0.309 e. The van der Waals surface area contributed by atoms with Gasteiger partial charge in [0.25, 0.3) is 0 Å². The zero-order valence-corrected chi connectivity index (χ0v) is 10.8. The maximum atomic E-state index is 11.9. The summed E-state index contributed by atoms with van der Waals surface area (Å²) in [5, 5.41) is 0.138. The molecule has 88 valence electrons. The van der Waals surface area contributed by atoms with Crippen LogP contribution in [-0.2, 0) is 9.53 Å². The summed E-state index contributed by atoms with van der Waals surface area (Å²) in [4.78, 5) is 11.9. The van der Waals surface area contributed by atoms with Crippen molar-refractivity contribution in [2.45, 2.75) is 57.9 Å². The molecular formula is C12H21ClO2. The fourth-order valence-electron chi connectivity index (χ4n) is 1.98. The first kappa shape index (κ1) is 12.8. The van der Waals surface area contributed by atoms with Crippen LogP contribution in [0, 0.1) is 11.8 Å². The molecule has 0 aliphatic heterocycles. The predicted molar refractivity (Wildman–Crippen MR) is 62.0 cm³/mol. The van der Waals surface area contributed by atoms with Crippen LogP contribution in [0.4, 0.5) is 0 Å². The van der Waals surface area contributed by atoms with E-state index in [1.54, 1.807) is 0 Å². The van der Waals surface area contributed by atoms with Crippen LogP contribution in [-0.4, -0.2) is 16.9 Å². The molecular weight excluding hydrogens is 212 g/mol. The number of esters is 1. The van der Waals surface area contributed by atoms with E-state index in [0.29, 0.717) is 5.92 Å². The molecule has 2 nitrogen and oxygen atoms in total. The Morgan fingerprint density at radius 3 is 2.47 bits per heavy atom. The molecule has 0 aromatic carbocycles. The van der Waals surface area contributed by atoms with Crippen molar-refractivity contribution < 1.29 is 9.53 Å². The van der Waals surface area contributed by atoms with Gasteiger partial charge in [-0.15, -0.1) is 11.6 Å². The number of halogens is 1. The minimum atomic E-state index is -0.393. The second-order valence-corrected chi connectivity index (χ2v) is 6.14. The van der Waals surface area contributed by atoms with Crippen LogP contribution in [0.25, 0.3) is 0 Å². The monoisotopic (exact) mass is 232 g/mol. The first-order valence-corrected chi connectivity index (χ1v) is 6.10. The summed E-state index contributed by atoms with van der Waals surface area (Å²) >= 11 is 6.08. The molecule has 1 aliphatic carbocycles. The van der Waals surface area contributed by atoms with Gasteiger partial charge in [0.2, 0.25) is 0 Å². The topological polar surface area (TPSA) is 26.3 Å². The normalized spacial score (nSPS) is 32.5. The highest BCUT2D eigenvalue weighted by Crippen LogP contribution is 2.34. The van der Waals surface area contributed by atoms with Crippen LogP contribution in [0.2, 0.25) is 0 Å². The van der Waals surface area contributed by atoms with Crippen LogP contribution < -0.4 is 0 Å². The first-order valence-electron chi connectivity index (χ1n) is 5.66. The molecule has 0 spiro atoms. The van der Waals surface area contributed by atoms with E-state index in [1.807, 2.05) is 20.8 Å². The van der Waals surface area contributed by atoms with E-state index in [0.717, 1.165) is 19.3 Å². The highest BCUT2D eigenvalue weighted by atomic mass is 35.5. The Hall–Kier alpha value is -0.240. The predicted octanol–water partition coefficient (Wildman–Crippen LogP) is 3.37. The minimum absolute atomic E-state index is 0.0134. The molecule has 1 aliphatic rings. The third-order valence-electron chi connectivity index (χ3n) is 2.84. The highest BCUT2D eigenvalue weighted by Gasteiger charge is 2.34. The Morgan fingerprint density at radius 2 is 1.93 bits per heavy atom. The van der Waals surface area contributed by atoms with Crippen LogP contribution in [0.1, 0.15) is 47.0 Å². The summed E-state index contributed by atoms with van der Waals surface area (Å²) in [6.45, 7) is 7.81. The second kappa shape index (κ2) is 4.73. The van der Waals surface area contributed by atoms with E-state index < -0.39 is 5.60 Å². The van der Waals surface area contributed by atoms with Crippen molar-refractivity contribution >= 4 is 17.6 Å². The van der Waals surface area contributed by atoms with Gasteiger partial charge in [-0.25, -0.2) is 0 Å². The van der Waals surface area contributed by atoms with E-state index in [9.17, 15) is 4.79 Å². The molecule has 0 amide bonds. The van der Waals surface area contributed by atoms with Crippen molar-refractivity contribution in [3.05, 3.63) is 0 Å². The summed E-state index contributed by atoms with van der Waals surface area (Å²) in [6, 6.07) is 0. The highest BCUT2D eigenvalue weighted by molar-refractivity contribution is 6.20. The van der Waals surface area contributed by atoms with Crippen molar-refractivity contribution in [3.63, 3.8) is 0 Å². The first-order chi connectivity index (χ1) is 6.79. The van der Waals surface area contributed by atoms with Gasteiger partial charge in [0, 0.05) is 5.38 Å². The average molecular weight is 233 g/mol. The number of alkyl halides is 1. The van der Waals surface area contributed by atoms with Gasteiger partial charge in [0.1, 0.15) is 5.60 Å². The molecule has 0 bridgehead atoms. The number of hydrogen-bond donors (Lipinski definition) is 0. The fraction of sp³-hybridized carbons (Fsp3) is 0.917. The van der Waals surface area contributed by atoms with Gasteiger partial charge < -0.3 is 4.74 Å². The zero-order chi connectivity index (χ0) is 11.6. The number of carbonyl (C=O) groups is 1. The smallest absolute Gasteiger partial charge is 0.309 e. The Morgan fingerprint density at radius 1 is 1.33 bits per heavy atom. The van der Waals surface area contributed by atoms with Gasteiger partial charge in [-0.1, -0.05) is 6.92 Å². The van der Waals surface area contributed by atoms with Crippen LogP contribution in [0.5, 0.6) is 0 Å². The van der Waals surface area contributed by atoms with Crippen LogP contribution in [0.3, 0.4) is 0 Å².